The van der Waals surface area contributed by atoms with Crippen LogP contribution >= 0.6 is 0 Å². The number of benzene rings is 1. The summed E-state index contributed by atoms with van der Waals surface area (Å²) in [5, 5.41) is 4.13. The first-order valence-corrected chi connectivity index (χ1v) is 6.67. The van der Waals surface area contributed by atoms with E-state index in [0.29, 0.717) is 6.42 Å². The lowest BCUT2D eigenvalue weighted by Gasteiger charge is -2.08. The summed E-state index contributed by atoms with van der Waals surface area (Å²) in [5.74, 6) is 0.0900. The molecule has 0 aliphatic carbocycles. The van der Waals surface area contributed by atoms with E-state index in [2.05, 4.69) is 29.0 Å². The fraction of sp³-hybridized carbons (Fsp3) is 0.312. The van der Waals surface area contributed by atoms with E-state index in [4.69, 9.17) is 0 Å². The number of carbonyl (C=O) groups is 1. The van der Waals surface area contributed by atoms with Crippen molar-refractivity contribution in [1.82, 2.24) is 10.3 Å². The van der Waals surface area contributed by atoms with Crippen molar-refractivity contribution in [1.29, 1.82) is 0 Å². The molecule has 0 aliphatic rings. The Morgan fingerprint density at radius 2 is 2.26 bits per heavy atom. The van der Waals surface area contributed by atoms with Gasteiger partial charge in [0.2, 0.25) is 5.91 Å². The lowest BCUT2D eigenvalue weighted by Crippen LogP contribution is -2.30. The van der Waals surface area contributed by atoms with Crippen molar-refractivity contribution in [3.63, 3.8) is 0 Å². The second kappa shape index (κ2) is 6.23. The van der Waals surface area contributed by atoms with Crippen molar-refractivity contribution in [3.05, 3.63) is 48.7 Å². The molecule has 0 saturated carbocycles. The van der Waals surface area contributed by atoms with Gasteiger partial charge >= 0.3 is 0 Å². The zero-order valence-corrected chi connectivity index (χ0v) is 11.3. The standard InChI is InChI=1S/C16H20N2O/c1-3-12(2)18-16(19)10-6-7-13-11-17-15-9-5-4-8-14(13)15/h3-5,8-9,11-12,17H,1,6-7,10H2,2H3,(H,18,19). The molecule has 1 amide bonds. The maximum Gasteiger partial charge on any atom is 0.220 e. The van der Waals surface area contributed by atoms with E-state index in [-0.39, 0.29) is 11.9 Å². The lowest BCUT2D eigenvalue weighted by atomic mass is 10.1. The first-order chi connectivity index (χ1) is 9.20. The Morgan fingerprint density at radius 1 is 1.47 bits per heavy atom. The molecule has 1 unspecified atom stereocenters. The number of amides is 1. The van der Waals surface area contributed by atoms with Gasteiger partial charge in [-0.05, 0) is 31.4 Å². The normalized spacial score (nSPS) is 12.3. The summed E-state index contributed by atoms with van der Waals surface area (Å²) in [6, 6.07) is 8.28. The van der Waals surface area contributed by atoms with E-state index >= 15 is 0 Å². The van der Waals surface area contributed by atoms with Crippen LogP contribution in [0.2, 0.25) is 0 Å². The van der Waals surface area contributed by atoms with Crippen molar-refractivity contribution >= 4 is 16.8 Å². The molecule has 1 aromatic heterocycles. The maximum atomic E-state index is 11.6. The molecule has 0 spiro atoms. The molecule has 3 heteroatoms. The number of fused-ring (bicyclic) bond motifs is 1. The number of H-pyrrole nitrogens is 1. The van der Waals surface area contributed by atoms with E-state index < -0.39 is 0 Å². The van der Waals surface area contributed by atoms with Gasteiger partial charge in [0.15, 0.2) is 0 Å². The van der Waals surface area contributed by atoms with Gasteiger partial charge in [0.1, 0.15) is 0 Å². The van der Waals surface area contributed by atoms with Gasteiger partial charge in [-0.15, -0.1) is 6.58 Å². The van der Waals surface area contributed by atoms with E-state index in [0.717, 1.165) is 18.4 Å². The minimum absolute atomic E-state index is 0.0422. The van der Waals surface area contributed by atoms with E-state index in [1.54, 1.807) is 6.08 Å². The second-order valence-corrected chi connectivity index (χ2v) is 4.80. The Kier molecular flexibility index (Phi) is 4.39. The van der Waals surface area contributed by atoms with Gasteiger partial charge in [-0.3, -0.25) is 4.79 Å². The molecule has 1 heterocycles. The largest absolute Gasteiger partial charge is 0.361 e. The SMILES string of the molecule is C=CC(C)NC(=O)CCCc1c[nH]c2ccccc12. The molecule has 2 N–H and O–H groups in total. The summed E-state index contributed by atoms with van der Waals surface area (Å²) in [7, 11) is 0. The zero-order valence-electron chi connectivity index (χ0n) is 11.3. The summed E-state index contributed by atoms with van der Waals surface area (Å²) in [6.07, 6.45) is 6.10. The number of nitrogens with one attached hydrogen (secondary N) is 2. The van der Waals surface area contributed by atoms with Gasteiger partial charge in [0.05, 0.1) is 0 Å². The Labute approximate surface area is 113 Å². The van der Waals surface area contributed by atoms with Gasteiger partial charge in [0, 0.05) is 29.6 Å². The molecule has 0 radical (unpaired) electrons. The minimum Gasteiger partial charge on any atom is -0.361 e. The third-order valence-electron chi connectivity index (χ3n) is 3.27. The molecular weight excluding hydrogens is 236 g/mol. The van der Waals surface area contributed by atoms with Gasteiger partial charge in [0.25, 0.3) is 0 Å². The fourth-order valence-corrected chi connectivity index (χ4v) is 2.16. The summed E-state index contributed by atoms with van der Waals surface area (Å²) in [4.78, 5) is 14.9. The number of aromatic amines is 1. The molecule has 1 aromatic carbocycles. The Balaban J connectivity index is 1.86. The van der Waals surface area contributed by atoms with Gasteiger partial charge in [-0.25, -0.2) is 0 Å². The fourth-order valence-electron chi connectivity index (χ4n) is 2.16. The molecule has 19 heavy (non-hydrogen) atoms. The van der Waals surface area contributed by atoms with Crippen LogP contribution in [0.3, 0.4) is 0 Å². The molecule has 0 bridgehead atoms. The van der Waals surface area contributed by atoms with E-state index in [9.17, 15) is 4.79 Å². The number of rotatable bonds is 6. The highest BCUT2D eigenvalue weighted by atomic mass is 16.1. The minimum atomic E-state index is 0.0422. The van der Waals surface area contributed by atoms with E-state index in [1.165, 1.54) is 10.9 Å². The van der Waals surface area contributed by atoms with Crippen LogP contribution in [0.25, 0.3) is 10.9 Å². The third kappa shape index (κ3) is 3.47. The third-order valence-corrected chi connectivity index (χ3v) is 3.27. The van der Waals surface area contributed by atoms with Crippen LogP contribution in [0.1, 0.15) is 25.3 Å². The van der Waals surface area contributed by atoms with Crippen LogP contribution in [0.15, 0.2) is 43.1 Å². The molecular formula is C16H20N2O. The van der Waals surface area contributed by atoms with Crippen molar-refractivity contribution in [2.45, 2.75) is 32.2 Å². The van der Waals surface area contributed by atoms with Gasteiger partial charge in [-0.2, -0.15) is 0 Å². The molecule has 1 atom stereocenters. The first kappa shape index (κ1) is 13.4. The second-order valence-electron chi connectivity index (χ2n) is 4.80. The Morgan fingerprint density at radius 3 is 3.05 bits per heavy atom. The molecule has 0 fully saturated rings. The molecule has 3 nitrogen and oxygen atoms in total. The summed E-state index contributed by atoms with van der Waals surface area (Å²) in [6.45, 7) is 5.57. The predicted molar refractivity (Wildman–Crippen MR) is 79.0 cm³/mol. The predicted octanol–water partition coefficient (Wildman–Crippen LogP) is 3.18. The Bertz CT molecular complexity index is 571. The van der Waals surface area contributed by atoms with Crippen molar-refractivity contribution in [2.75, 3.05) is 0 Å². The quantitative estimate of drug-likeness (QED) is 0.766. The number of aryl methyl sites for hydroxylation is 1. The topological polar surface area (TPSA) is 44.9 Å². The number of carbonyl (C=O) groups excluding carboxylic acids is 1. The maximum absolute atomic E-state index is 11.6. The smallest absolute Gasteiger partial charge is 0.220 e. The number of aromatic nitrogens is 1. The molecule has 0 saturated heterocycles. The van der Waals surface area contributed by atoms with Crippen LogP contribution in [0.4, 0.5) is 0 Å². The molecule has 100 valence electrons. The van der Waals surface area contributed by atoms with Crippen molar-refractivity contribution < 1.29 is 4.79 Å². The van der Waals surface area contributed by atoms with Crippen LogP contribution in [-0.2, 0) is 11.2 Å². The van der Waals surface area contributed by atoms with Gasteiger partial charge in [-0.1, -0.05) is 24.3 Å². The number of hydrogen-bond acceptors (Lipinski definition) is 1. The van der Waals surface area contributed by atoms with Crippen LogP contribution in [0.5, 0.6) is 0 Å². The van der Waals surface area contributed by atoms with Gasteiger partial charge < -0.3 is 10.3 Å². The van der Waals surface area contributed by atoms with Crippen LogP contribution in [0, 0.1) is 0 Å². The highest BCUT2D eigenvalue weighted by molar-refractivity contribution is 5.83. The van der Waals surface area contributed by atoms with Crippen LogP contribution < -0.4 is 5.32 Å². The van der Waals surface area contributed by atoms with Crippen LogP contribution in [-0.4, -0.2) is 16.9 Å². The van der Waals surface area contributed by atoms with E-state index in [1.807, 2.05) is 25.3 Å². The van der Waals surface area contributed by atoms with Crippen molar-refractivity contribution in [3.8, 4) is 0 Å². The Hall–Kier alpha value is -2.03. The molecule has 2 aromatic rings. The average Bonchev–Trinajstić information content (AvgIpc) is 2.82. The number of para-hydroxylation sites is 1. The van der Waals surface area contributed by atoms with Crippen molar-refractivity contribution in [2.24, 2.45) is 0 Å². The summed E-state index contributed by atoms with van der Waals surface area (Å²) in [5.41, 5.74) is 2.43. The lowest BCUT2D eigenvalue weighted by molar-refractivity contribution is -0.121. The summed E-state index contributed by atoms with van der Waals surface area (Å²) >= 11 is 0. The molecule has 2 rings (SSSR count). The highest BCUT2D eigenvalue weighted by Crippen LogP contribution is 2.19. The molecule has 0 aliphatic heterocycles. The highest BCUT2D eigenvalue weighted by Gasteiger charge is 2.06. The monoisotopic (exact) mass is 256 g/mol. The summed E-state index contributed by atoms with van der Waals surface area (Å²) < 4.78 is 0. The first-order valence-electron chi connectivity index (χ1n) is 6.67. The number of hydrogen-bond donors (Lipinski definition) is 2. The average molecular weight is 256 g/mol. The zero-order chi connectivity index (χ0) is 13.7.